The Morgan fingerprint density at radius 1 is 1.26 bits per heavy atom. The number of nitrogens with two attached hydrogens (primary N) is 1. The van der Waals surface area contributed by atoms with E-state index in [1.807, 2.05) is 25.9 Å². The van der Waals surface area contributed by atoms with Crippen LogP contribution in [0.4, 0.5) is 11.4 Å². The van der Waals surface area contributed by atoms with Crippen LogP contribution >= 0.6 is 0 Å². The summed E-state index contributed by atoms with van der Waals surface area (Å²) in [6.45, 7) is 1.84. The molecule has 1 aromatic carbocycles. The Balaban J connectivity index is 3.14. The van der Waals surface area contributed by atoms with Crippen molar-refractivity contribution in [2.45, 2.75) is 30.7 Å². The molecule has 0 aliphatic heterocycles. The van der Waals surface area contributed by atoms with Gasteiger partial charge in [-0.25, -0.2) is 12.7 Å². The third-order valence-corrected chi connectivity index (χ3v) is 5.14. The second kappa shape index (κ2) is 7.76. The van der Waals surface area contributed by atoms with Crippen molar-refractivity contribution >= 4 is 27.3 Å². The van der Waals surface area contributed by atoms with E-state index in [9.17, 15) is 13.2 Å². The molecule has 0 bridgehead atoms. The fraction of sp³-hybridized carbons (Fsp3) is 0.533. The normalized spacial score (nSPS) is 13.0. The van der Waals surface area contributed by atoms with Crippen molar-refractivity contribution in [3.8, 4) is 0 Å². The van der Waals surface area contributed by atoms with E-state index in [1.165, 1.54) is 26.2 Å². The highest BCUT2D eigenvalue weighted by molar-refractivity contribution is 7.89. The molecule has 0 aliphatic carbocycles. The maximum atomic E-state index is 12.2. The van der Waals surface area contributed by atoms with E-state index in [4.69, 9.17) is 5.73 Å². The smallest absolute Gasteiger partial charge is 0.242 e. The number of benzene rings is 1. The average Bonchev–Trinajstić information content (AvgIpc) is 2.44. The molecular weight excluding hydrogens is 316 g/mol. The molecule has 1 amide bonds. The van der Waals surface area contributed by atoms with E-state index in [0.29, 0.717) is 12.1 Å². The van der Waals surface area contributed by atoms with Crippen LogP contribution in [0.25, 0.3) is 0 Å². The fourth-order valence-corrected chi connectivity index (χ4v) is 2.88. The van der Waals surface area contributed by atoms with Crippen LogP contribution in [-0.2, 0) is 14.8 Å². The lowest BCUT2D eigenvalue weighted by Crippen LogP contribution is -2.23. The molecule has 0 fully saturated rings. The minimum absolute atomic E-state index is 0.0606. The third kappa shape index (κ3) is 5.19. The van der Waals surface area contributed by atoms with Gasteiger partial charge < -0.3 is 16.0 Å². The van der Waals surface area contributed by atoms with E-state index in [1.54, 1.807) is 6.07 Å². The Hall–Kier alpha value is -1.64. The van der Waals surface area contributed by atoms with Crippen molar-refractivity contribution in [2.24, 2.45) is 5.73 Å². The molecular formula is C15H26N4O3S. The van der Waals surface area contributed by atoms with Crippen molar-refractivity contribution < 1.29 is 13.2 Å². The van der Waals surface area contributed by atoms with E-state index in [-0.39, 0.29) is 23.3 Å². The summed E-state index contributed by atoms with van der Waals surface area (Å²) in [5.74, 6) is -0.190. The van der Waals surface area contributed by atoms with E-state index in [0.717, 1.165) is 9.99 Å². The number of hydrogen-bond acceptors (Lipinski definition) is 5. The Morgan fingerprint density at radius 2 is 1.87 bits per heavy atom. The molecule has 1 aromatic rings. The lowest BCUT2D eigenvalue weighted by Gasteiger charge is -2.20. The van der Waals surface area contributed by atoms with Gasteiger partial charge in [-0.15, -0.1) is 0 Å². The van der Waals surface area contributed by atoms with Gasteiger partial charge in [0.2, 0.25) is 15.9 Å². The molecule has 23 heavy (non-hydrogen) atoms. The molecule has 0 spiro atoms. The van der Waals surface area contributed by atoms with Crippen LogP contribution in [0.2, 0.25) is 0 Å². The standard InChI is InChI=1S/C15H26N4O3S/c1-11(16)6-9-15(20)17-13-10-12(23(21,22)19(4)5)7-8-14(13)18(2)3/h7-8,10-11H,6,9,16H2,1-5H3,(H,17,20). The monoisotopic (exact) mass is 342 g/mol. The second-order valence-electron chi connectivity index (χ2n) is 5.92. The molecule has 3 N–H and O–H groups in total. The minimum Gasteiger partial charge on any atom is -0.376 e. The van der Waals surface area contributed by atoms with Crippen molar-refractivity contribution in [3.63, 3.8) is 0 Å². The van der Waals surface area contributed by atoms with Gasteiger partial charge in [0, 0.05) is 40.7 Å². The molecule has 7 nitrogen and oxygen atoms in total. The molecule has 0 saturated heterocycles. The highest BCUT2D eigenvalue weighted by atomic mass is 32.2. The predicted octanol–water partition coefficient (Wildman–Crippen LogP) is 1.07. The van der Waals surface area contributed by atoms with Crippen LogP contribution in [0.1, 0.15) is 19.8 Å². The zero-order valence-corrected chi connectivity index (χ0v) is 15.1. The molecule has 1 atom stereocenters. The molecule has 130 valence electrons. The summed E-state index contributed by atoms with van der Waals surface area (Å²) in [5.41, 5.74) is 6.85. The molecule has 1 rings (SSSR count). The average molecular weight is 342 g/mol. The summed E-state index contributed by atoms with van der Waals surface area (Å²) in [7, 11) is 3.03. The third-order valence-electron chi connectivity index (χ3n) is 3.33. The lowest BCUT2D eigenvalue weighted by atomic mass is 10.2. The zero-order chi connectivity index (χ0) is 17.8. The van der Waals surface area contributed by atoms with E-state index in [2.05, 4.69) is 5.32 Å². The topological polar surface area (TPSA) is 95.7 Å². The Labute approximate surface area is 138 Å². The Kier molecular flexibility index (Phi) is 6.55. The van der Waals surface area contributed by atoms with Gasteiger partial charge in [0.15, 0.2) is 0 Å². The maximum absolute atomic E-state index is 12.2. The van der Waals surface area contributed by atoms with Gasteiger partial charge in [0.1, 0.15) is 0 Å². The van der Waals surface area contributed by atoms with Gasteiger partial charge in [-0.05, 0) is 31.5 Å². The number of rotatable bonds is 7. The lowest BCUT2D eigenvalue weighted by molar-refractivity contribution is -0.116. The number of anilines is 2. The molecule has 0 heterocycles. The summed E-state index contributed by atoms with van der Waals surface area (Å²) < 4.78 is 25.6. The van der Waals surface area contributed by atoms with Crippen LogP contribution in [0.3, 0.4) is 0 Å². The summed E-state index contributed by atoms with van der Waals surface area (Å²) in [6, 6.07) is 4.63. The number of sulfonamides is 1. The summed E-state index contributed by atoms with van der Waals surface area (Å²) in [4.78, 5) is 14.0. The van der Waals surface area contributed by atoms with Crippen LogP contribution in [0, 0.1) is 0 Å². The van der Waals surface area contributed by atoms with E-state index < -0.39 is 10.0 Å². The van der Waals surface area contributed by atoms with Crippen LogP contribution < -0.4 is 16.0 Å². The number of carbonyl (C=O) groups is 1. The van der Waals surface area contributed by atoms with Gasteiger partial charge >= 0.3 is 0 Å². The minimum atomic E-state index is -3.56. The molecule has 0 aromatic heterocycles. The predicted molar refractivity (Wildman–Crippen MR) is 93.2 cm³/mol. The van der Waals surface area contributed by atoms with Crippen molar-refractivity contribution in [3.05, 3.63) is 18.2 Å². The maximum Gasteiger partial charge on any atom is 0.242 e. The van der Waals surface area contributed by atoms with Crippen LogP contribution in [0.5, 0.6) is 0 Å². The Bertz CT molecular complexity index is 655. The van der Waals surface area contributed by atoms with Crippen molar-refractivity contribution in [1.82, 2.24) is 4.31 Å². The highest BCUT2D eigenvalue weighted by Crippen LogP contribution is 2.28. The van der Waals surface area contributed by atoms with Gasteiger partial charge in [-0.3, -0.25) is 4.79 Å². The van der Waals surface area contributed by atoms with Gasteiger partial charge in [0.25, 0.3) is 0 Å². The zero-order valence-electron chi connectivity index (χ0n) is 14.3. The SMILES string of the molecule is CC(N)CCC(=O)Nc1cc(S(=O)(=O)N(C)C)ccc1N(C)C. The number of nitrogens with zero attached hydrogens (tertiary/aromatic N) is 2. The second-order valence-corrected chi connectivity index (χ2v) is 8.08. The molecule has 1 unspecified atom stereocenters. The number of carbonyl (C=O) groups excluding carboxylic acids is 1. The van der Waals surface area contributed by atoms with Crippen molar-refractivity contribution in [1.29, 1.82) is 0 Å². The summed E-state index contributed by atoms with van der Waals surface area (Å²) in [5, 5.41) is 2.78. The number of nitrogens with one attached hydrogen (secondary N) is 1. The van der Waals surface area contributed by atoms with Gasteiger partial charge in [-0.2, -0.15) is 0 Å². The molecule has 0 saturated carbocycles. The van der Waals surface area contributed by atoms with Crippen LogP contribution in [0.15, 0.2) is 23.1 Å². The molecule has 0 radical (unpaired) electrons. The highest BCUT2D eigenvalue weighted by Gasteiger charge is 2.20. The largest absolute Gasteiger partial charge is 0.376 e. The first-order chi connectivity index (χ1) is 10.6. The first kappa shape index (κ1) is 19.4. The Morgan fingerprint density at radius 3 is 2.35 bits per heavy atom. The van der Waals surface area contributed by atoms with Gasteiger partial charge in [-0.1, -0.05) is 0 Å². The van der Waals surface area contributed by atoms with Gasteiger partial charge in [0.05, 0.1) is 16.3 Å². The first-order valence-corrected chi connectivity index (χ1v) is 8.79. The van der Waals surface area contributed by atoms with Crippen LogP contribution in [-0.4, -0.2) is 52.9 Å². The summed E-state index contributed by atoms with van der Waals surface area (Å²) >= 11 is 0. The fourth-order valence-electron chi connectivity index (χ4n) is 1.95. The number of hydrogen-bond donors (Lipinski definition) is 2. The first-order valence-electron chi connectivity index (χ1n) is 7.35. The summed E-state index contributed by atoms with van der Waals surface area (Å²) in [6.07, 6.45) is 0.855. The molecule has 0 aliphatic rings. The number of amides is 1. The van der Waals surface area contributed by atoms with E-state index >= 15 is 0 Å². The van der Waals surface area contributed by atoms with Crippen molar-refractivity contribution in [2.75, 3.05) is 38.4 Å². The molecule has 8 heteroatoms. The quantitative estimate of drug-likeness (QED) is 0.773.